The van der Waals surface area contributed by atoms with Crippen molar-refractivity contribution in [3.05, 3.63) is 11.1 Å². The highest BCUT2D eigenvalue weighted by Gasteiger charge is 2.53. The van der Waals surface area contributed by atoms with Crippen LogP contribution in [0.5, 0.6) is 0 Å². The molecule has 2 aliphatic heterocycles. The maximum absolute atomic E-state index is 11.7. The molecule has 0 radical (unpaired) electrons. The Labute approximate surface area is 97.7 Å². The van der Waals surface area contributed by atoms with E-state index in [9.17, 15) is 14.7 Å². The fourth-order valence-corrected chi connectivity index (χ4v) is 4.00. The molecule has 1 N–H and O–H groups in total. The Balaban J connectivity index is 1.71. The molecule has 16 heavy (non-hydrogen) atoms. The van der Waals surface area contributed by atoms with Crippen LogP contribution in [-0.4, -0.2) is 33.2 Å². The van der Waals surface area contributed by atoms with Gasteiger partial charge in [-0.05, 0) is 6.92 Å². The van der Waals surface area contributed by atoms with Crippen LogP contribution in [0.2, 0.25) is 0 Å². The van der Waals surface area contributed by atoms with Gasteiger partial charge in [-0.25, -0.2) is 0 Å². The Bertz CT molecular complexity index is 396. The van der Waals surface area contributed by atoms with Crippen LogP contribution in [0.1, 0.15) is 19.8 Å². The standard InChI is InChI=1S/C11H13NO3S/c1-5(13)9-10(15)12-4-8(16-11(9)12)6-2-7(14)3-6/h4-6,9,11,13H,2-3H2,1H3/t5-,9+,11-/m1/s1. The van der Waals surface area contributed by atoms with E-state index in [1.165, 1.54) is 0 Å². The quantitative estimate of drug-likeness (QED) is 0.721. The second-order valence-electron chi connectivity index (χ2n) is 4.70. The lowest BCUT2D eigenvalue weighted by Crippen LogP contribution is -2.58. The Morgan fingerprint density at radius 1 is 1.50 bits per heavy atom. The summed E-state index contributed by atoms with van der Waals surface area (Å²) < 4.78 is 0. The second kappa shape index (κ2) is 3.34. The molecule has 3 atom stereocenters. The summed E-state index contributed by atoms with van der Waals surface area (Å²) in [5.74, 6) is 0.368. The van der Waals surface area contributed by atoms with Crippen LogP contribution < -0.4 is 0 Å². The van der Waals surface area contributed by atoms with Crippen molar-refractivity contribution in [2.75, 3.05) is 0 Å². The zero-order chi connectivity index (χ0) is 11.4. The van der Waals surface area contributed by atoms with Gasteiger partial charge in [0.2, 0.25) is 5.91 Å². The number of thioether (sulfide) groups is 1. The summed E-state index contributed by atoms with van der Waals surface area (Å²) >= 11 is 1.64. The third-order valence-electron chi connectivity index (χ3n) is 3.51. The van der Waals surface area contributed by atoms with Gasteiger partial charge in [-0.15, -0.1) is 11.8 Å². The molecule has 1 saturated carbocycles. The number of amides is 1. The van der Waals surface area contributed by atoms with E-state index in [1.807, 2.05) is 6.20 Å². The summed E-state index contributed by atoms with van der Waals surface area (Å²) in [6.45, 7) is 1.66. The molecule has 3 rings (SSSR count). The molecule has 0 aromatic heterocycles. The van der Waals surface area contributed by atoms with Crippen molar-refractivity contribution in [2.24, 2.45) is 11.8 Å². The van der Waals surface area contributed by atoms with Crippen LogP contribution in [-0.2, 0) is 9.59 Å². The molecule has 1 saturated heterocycles. The highest BCUT2D eigenvalue weighted by Crippen LogP contribution is 2.51. The minimum atomic E-state index is -0.586. The van der Waals surface area contributed by atoms with Gasteiger partial charge in [-0.1, -0.05) is 0 Å². The predicted molar refractivity (Wildman–Crippen MR) is 59.2 cm³/mol. The van der Waals surface area contributed by atoms with Crippen molar-refractivity contribution in [3.8, 4) is 0 Å². The van der Waals surface area contributed by atoms with E-state index in [0.29, 0.717) is 24.5 Å². The normalized spacial score (nSPS) is 35.4. The maximum atomic E-state index is 11.7. The van der Waals surface area contributed by atoms with Crippen LogP contribution in [0.3, 0.4) is 0 Å². The highest BCUT2D eigenvalue weighted by atomic mass is 32.2. The Hall–Kier alpha value is -0.810. The number of allylic oxidation sites excluding steroid dienone is 1. The van der Waals surface area contributed by atoms with Crippen LogP contribution in [0.15, 0.2) is 11.1 Å². The van der Waals surface area contributed by atoms with E-state index >= 15 is 0 Å². The van der Waals surface area contributed by atoms with Gasteiger partial charge >= 0.3 is 0 Å². The van der Waals surface area contributed by atoms with Gasteiger partial charge in [0.25, 0.3) is 0 Å². The van der Waals surface area contributed by atoms with Gasteiger partial charge in [0.05, 0.1) is 12.0 Å². The number of carbonyl (C=O) groups excluding carboxylic acids is 2. The van der Waals surface area contributed by atoms with Crippen molar-refractivity contribution in [1.29, 1.82) is 0 Å². The molecule has 86 valence electrons. The zero-order valence-electron chi connectivity index (χ0n) is 8.92. The Morgan fingerprint density at radius 2 is 2.19 bits per heavy atom. The van der Waals surface area contributed by atoms with E-state index in [1.54, 1.807) is 23.6 Å². The maximum Gasteiger partial charge on any atom is 0.236 e. The van der Waals surface area contributed by atoms with Crippen molar-refractivity contribution < 1.29 is 14.7 Å². The van der Waals surface area contributed by atoms with Gasteiger partial charge < -0.3 is 10.0 Å². The lowest BCUT2D eigenvalue weighted by Gasteiger charge is -2.42. The molecule has 3 aliphatic rings. The number of hydrogen-bond donors (Lipinski definition) is 1. The van der Waals surface area contributed by atoms with Crippen LogP contribution in [0, 0.1) is 11.8 Å². The number of ketones is 1. The molecule has 1 aliphatic carbocycles. The van der Waals surface area contributed by atoms with E-state index in [2.05, 4.69) is 0 Å². The molecule has 0 bridgehead atoms. The molecule has 0 aromatic carbocycles. The Morgan fingerprint density at radius 3 is 2.75 bits per heavy atom. The van der Waals surface area contributed by atoms with Crippen LogP contribution in [0.4, 0.5) is 0 Å². The third kappa shape index (κ3) is 1.28. The lowest BCUT2D eigenvalue weighted by atomic mass is 9.83. The molecule has 2 fully saturated rings. The third-order valence-corrected chi connectivity index (χ3v) is 4.99. The smallest absolute Gasteiger partial charge is 0.236 e. The molecule has 0 spiro atoms. The number of aliphatic hydroxyl groups is 1. The van der Waals surface area contributed by atoms with Gasteiger partial charge in [0.15, 0.2) is 0 Å². The number of rotatable bonds is 2. The van der Waals surface area contributed by atoms with Crippen molar-refractivity contribution in [3.63, 3.8) is 0 Å². The first kappa shape index (κ1) is 10.4. The molecule has 2 heterocycles. The van der Waals surface area contributed by atoms with E-state index in [0.717, 1.165) is 4.91 Å². The predicted octanol–water partition coefficient (Wildman–Crippen LogP) is 0.719. The van der Waals surface area contributed by atoms with Gasteiger partial charge in [-0.2, -0.15) is 0 Å². The molecular weight excluding hydrogens is 226 g/mol. The van der Waals surface area contributed by atoms with E-state index in [-0.39, 0.29) is 17.2 Å². The molecule has 0 aromatic rings. The largest absolute Gasteiger partial charge is 0.392 e. The molecule has 4 nitrogen and oxygen atoms in total. The molecule has 0 unspecified atom stereocenters. The van der Waals surface area contributed by atoms with Gasteiger partial charge in [-0.3, -0.25) is 9.59 Å². The fourth-order valence-electron chi connectivity index (χ4n) is 2.42. The lowest BCUT2D eigenvalue weighted by molar-refractivity contribution is -0.151. The van der Waals surface area contributed by atoms with Crippen molar-refractivity contribution >= 4 is 23.5 Å². The minimum absolute atomic E-state index is 0.00755. The number of fused-ring (bicyclic) bond motifs is 1. The molecule has 1 amide bonds. The summed E-state index contributed by atoms with van der Waals surface area (Å²) in [5.41, 5.74) is 0. The summed E-state index contributed by atoms with van der Waals surface area (Å²) in [6, 6.07) is 0. The van der Waals surface area contributed by atoms with Gasteiger partial charge in [0, 0.05) is 29.9 Å². The van der Waals surface area contributed by atoms with E-state index < -0.39 is 6.10 Å². The first-order chi connectivity index (χ1) is 7.58. The highest BCUT2D eigenvalue weighted by molar-refractivity contribution is 8.04. The van der Waals surface area contributed by atoms with Gasteiger partial charge in [0.1, 0.15) is 11.2 Å². The number of Topliss-reactive ketones (excluding diaryl/α,β-unsaturated/α-hetero) is 1. The SMILES string of the molecule is C[C@@H](O)[C@H]1C(=O)N2C=C(C3CC(=O)C3)S[C@H]12. The number of hydrogen-bond acceptors (Lipinski definition) is 4. The number of carbonyl (C=O) groups is 2. The van der Waals surface area contributed by atoms with Crippen molar-refractivity contribution in [1.82, 2.24) is 4.90 Å². The van der Waals surface area contributed by atoms with Crippen molar-refractivity contribution in [2.45, 2.75) is 31.2 Å². The number of β-lactam (4-membered cyclic amide) rings is 1. The summed E-state index contributed by atoms with van der Waals surface area (Å²) in [6.07, 6.45) is 2.52. The zero-order valence-corrected chi connectivity index (χ0v) is 9.74. The Kier molecular flexibility index (Phi) is 2.16. The second-order valence-corrected chi connectivity index (χ2v) is 5.89. The minimum Gasteiger partial charge on any atom is -0.392 e. The van der Waals surface area contributed by atoms with Crippen LogP contribution in [0.25, 0.3) is 0 Å². The summed E-state index contributed by atoms with van der Waals surface area (Å²) in [4.78, 5) is 25.4. The first-order valence-corrected chi connectivity index (χ1v) is 6.36. The topological polar surface area (TPSA) is 57.6 Å². The monoisotopic (exact) mass is 239 g/mol. The first-order valence-electron chi connectivity index (χ1n) is 5.48. The average Bonchev–Trinajstić information content (AvgIpc) is 2.52. The van der Waals surface area contributed by atoms with E-state index in [4.69, 9.17) is 0 Å². The molecular formula is C11H13NO3S. The number of aliphatic hydroxyl groups excluding tert-OH is 1. The summed E-state index contributed by atoms with van der Waals surface area (Å²) in [5, 5.41) is 9.56. The van der Waals surface area contributed by atoms with Crippen LogP contribution >= 0.6 is 11.8 Å². The molecule has 5 heteroatoms. The summed E-state index contributed by atoms with van der Waals surface area (Å²) in [7, 11) is 0. The number of nitrogens with zero attached hydrogens (tertiary/aromatic N) is 1. The fraction of sp³-hybridized carbons (Fsp3) is 0.636. The average molecular weight is 239 g/mol.